The number of halogens is 1. The first kappa shape index (κ1) is 11.0. The SMILES string of the molecule is C=C(Cl)COCCC1CCCNC1. The van der Waals surface area contributed by atoms with Crippen molar-refractivity contribution in [1.29, 1.82) is 0 Å². The first-order valence-corrected chi connectivity index (χ1v) is 5.28. The van der Waals surface area contributed by atoms with Crippen LogP contribution >= 0.6 is 11.6 Å². The normalized spacial score (nSPS) is 23.0. The summed E-state index contributed by atoms with van der Waals surface area (Å²) < 4.78 is 5.34. The molecule has 1 fully saturated rings. The molecule has 0 aromatic carbocycles. The van der Waals surface area contributed by atoms with Gasteiger partial charge in [0.15, 0.2) is 0 Å². The molecule has 0 spiro atoms. The first-order valence-electron chi connectivity index (χ1n) is 4.91. The number of piperidine rings is 1. The molecule has 0 aliphatic carbocycles. The van der Waals surface area contributed by atoms with Crippen molar-refractivity contribution in [2.24, 2.45) is 5.92 Å². The standard InChI is InChI=1S/C10H18ClNO/c1-9(11)8-13-6-4-10-3-2-5-12-7-10/h10,12H,1-8H2. The molecule has 13 heavy (non-hydrogen) atoms. The molecule has 1 aliphatic rings. The van der Waals surface area contributed by atoms with Crippen LogP contribution in [0.15, 0.2) is 11.6 Å². The summed E-state index contributed by atoms with van der Waals surface area (Å²) in [6, 6.07) is 0. The molecule has 1 N–H and O–H groups in total. The van der Waals surface area contributed by atoms with Crippen LogP contribution in [0.1, 0.15) is 19.3 Å². The quantitative estimate of drug-likeness (QED) is 0.692. The number of rotatable bonds is 5. The molecular weight excluding hydrogens is 186 g/mol. The Morgan fingerprint density at radius 2 is 2.46 bits per heavy atom. The number of nitrogens with one attached hydrogen (secondary N) is 1. The van der Waals surface area contributed by atoms with E-state index in [1.807, 2.05) is 0 Å². The van der Waals surface area contributed by atoms with Gasteiger partial charge in [-0.05, 0) is 38.3 Å². The van der Waals surface area contributed by atoms with Crippen molar-refractivity contribution in [1.82, 2.24) is 5.32 Å². The van der Waals surface area contributed by atoms with Crippen LogP contribution in [0, 0.1) is 5.92 Å². The Morgan fingerprint density at radius 3 is 3.08 bits per heavy atom. The van der Waals surface area contributed by atoms with Crippen molar-refractivity contribution in [2.45, 2.75) is 19.3 Å². The average molecular weight is 204 g/mol. The van der Waals surface area contributed by atoms with E-state index in [1.54, 1.807) is 0 Å². The Hall–Kier alpha value is -0.0500. The van der Waals surface area contributed by atoms with Crippen LogP contribution in [0.4, 0.5) is 0 Å². The third kappa shape index (κ3) is 5.29. The van der Waals surface area contributed by atoms with E-state index in [2.05, 4.69) is 11.9 Å². The second kappa shape index (κ2) is 6.41. The lowest BCUT2D eigenvalue weighted by molar-refractivity contribution is 0.138. The molecule has 1 aliphatic heterocycles. The average Bonchev–Trinajstić information content (AvgIpc) is 2.14. The van der Waals surface area contributed by atoms with Crippen molar-refractivity contribution < 1.29 is 4.74 Å². The van der Waals surface area contributed by atoms with Crippen LogP contribution in [0.2, 0.25) is 0 Å². The minimum Gasteiger partial charge on any atom is -0.376 e. The van der Waals surface area contributed by atoms with Crippen molar-refractivity contribution in [3.63, 3.8) is 0 Å². The van der Waals surface area contributed by atoms with Gasteiger partial charge in [-0.3, -0.25) is 0 Å². The van der Waals surface area contributed by atoms with Gasteiger partial charge in [-0.1, -0.05) is 18.2 Å². The molecule has 1 saturated heterocycles. The Kier molecular flexibility index (Phi) is 5.44. The van der Waals surface area contributed by atoms with E-state index >= 15 is 0 Å². The number of hydrogen-bond donors (Lipinski definition) is 1. The summed E-state index contributed by atoms with van der Waals surface area (Å²) in [4.78, 5) is 0. The third-order valence-corrected chi connectivity index (χ3v) is 2.44. The lowest BCUT2D eigenvalue weighted by Crippen LogP contribution is -2.30. The van der Waals surface area contributed by atoms with Gasteiger partial charge >= 0.3 is 0 Å². The summed E-state index contributed by atoms with van der Waals surface area (Å²) in [6.45, 7) is 7.18. The van der Waals surface area contributed by atoms with E-state index in [0.29, 0.717) is 11.6 Å². The maximum atomic E-state index is 5.57. The summed E-state index contributed by atoms with van der Waals surface area (Å²) in [5.74, 6) is 0.789. The van der Waals surface area contributed by atoms with Crippen LogP contribution < -0.4 is 5.32 Å². The molecule has 2 nitrogen and oxygen atoms in total. The Morgan fingerprint density at radius 1 is 1.62 bits per heavy atom. The maximum Gasteiger partial charge on any atom is 0.0817 e. The Labute approximate surface area is 85.3 Å². The highest BCUT2D eigenvalue weighted by Crippen LogP contribution is 2.13. The lowest BCUT2D eigenvalue weighted by atomic mass is 9.97. The smallest absolute Gasteiger partial charge is 0.0817 e. The summed E-state index contributed by atoms with van der Waals surface area (Å²) in [6.07, 6.45) is 3.77. The van der Waals surface area contributed by atoms with Gasteiger partial charge in [-0.15, -0.1) is 0 Å². The molecule has 0 radical (unpaired) electrons. The zero-order valence-corrected chi connectivity index (χ0v) is 8.78. The van der Waals surface area contributed by atoms with Crippen molar-refractivity contribution in [3.8, 4) is 0 Å². The van der Waals surface area contributed by atoms with E-state index < -0.39 is 0 Å². The van der Waals surface area contributed by atoms with Gasteiger partial charge in [-0.25, -0.2) is 0 Å². The molecule has 0 amide bonds. The van der Waals surface area contributed by atoms with Crippen LogP contribution in [0.3, 0.4) is 0 Å². The molecule has 0 saturated carbocycles. The van der Waals surface area contributed by atoms with Crippen molar-refractivity contribution in [3.05, 3.63) is 11.6 Å². The molecule has 3 heteroatoms. The van der Waals surface area contributed by atoms with Gasteiger partial charge in [0.1, 0.15) is 0 Å². The van der Waals surface area contributed by atoms with Crippen LogP contribution in [-0.4, -0.2) is 26.3 Å². The van der Waals surface area contributed by atoms with Crippen LogP contribution in [0.5, 0.6) is 0 Å². The summed E-state index contributed by atoms with van der Waals surface area (Å²) in [5, 5.41) is 3.97. The molecular formula is C10H18ClNO. The fourth-order valence-corrected chi connectivity index (χ4v) is 1.68. The molecule has 0 aromatic rings. The molecule has 0 aromatic heterocycles. The van der Waals surface area contributed by atoms with Gasteiger partial charge in [-0.2, -0.15) is 0 Å². The number of ether oxygens (including phenoxy) is 1. The molecule has 1 rings (SSSR count). The highest BCUT2D eigenvalue weighted by Gasteiger charge is 2.11. The fraction of sp³-hybridized carbons (Fsp3) is 0.800. The molecule has 76 valence electrons. The summed E-state index contributed by atoms with van der Waals surface area (Å²) in [7, 11) is 0. The van der Waals surface area contributed by atoms with Crippen LogP contribution in [-0.2, 0) is 4.74 Å². The second-order valence-electron chi connectivity index (χ2n) is 3.57. The zero-order chi connectivity index (χ0) is 9.52. The highest BCUT2D eigenvalue weighted by atomic mass is 35.5. The number of hydrogen-bond acceptors (Lipinski definition) is 2. The van der Waals surface area contributed by atoms with E-state index in [-0.39, 0.29) is 0 Å². The van der Waals surface area contributed by atoms with Gasteiger partial charge in [0.05, 0.1) is 6.61 Å². The third-order valence-electron chi connectivity index (χ3n) is 2.33. The summed E-state index contributed by atoms with van der Waals surface area (Å²) >= 11 is 5.57. The van der Waals surface area contributed by atoms with Gasteiger partial charge in [0, 0.05) is 11.6 Å². The maximum absolute atomic E-state index is 5.57. The van der Waals surface area contributed by atoms with Gasteiger partial charge in [0.2, 0.25) is 0 Å². The zero-order valence-electron chi connectivity index (χ0n) is 8.02. The monoisotopic (exact) mass is 203 g/mol. The second-order valence-corrected chi connectivity index (χ2v) is 4.11. The van der Waals surface area contributed by atoms with E-state index in [4.69, 9.17) is 16.3 Å². The summed E-state index contributed by atoms with van der Waals surface area (Å²) in [5.41, 5.74) is 0. The lowest BCUT2D eigenvalue weighted by Gasteiger charge is -2.22. The molecule has 0 bridgehead atoms. The minimum atomic E-state index is 0.488. The Bertz CT molecular complexity index is 155. The molecule has 1 unspecified atom stereocenters. The van der Waals surface area contributed by atoms with E-state index in [9.17, 15) is 0 Å². The van der Waals surface area contributed by atoms with E-state index in [1.165, 1.54) is 19.4 Å². The van der Waals surface area contributed by atoms with Gasteiger partial charge < -0.3 is 10.1 Å². The van der Waals surface area contributed by atoms with Gasteiger partial charge in [0.25, 0.3) is 0 Å². The molecule has 1 heterocycles. The minimum absolute atomic E-state index is 0.488. The van der Waals surface area contributed by atoms with E-state index in [0.717, 1.165) is 25.5 Å². The van der Waals surface area contributed by atoms with Crippen molar-refractivity contribution in [2.75, 3.05) is 26.3 Å². The predicted molar refractivity (Wildman–Crippen MR) is 56.0 cm³/mol. The predicted octanol–water partition coefficient (Wildman–Crippen LogP) is 2.15. The first-order chi connectivity index (χ1) is 6.29. The largest absolute Gasteiger partial charge is 0.376 e. The van der Waals surface area contributed by atoms with Crippen LogP contribution in [0.25, 0.3) is 0 Å². The topological polar surface area (TPSA) is 21.3 Å². The Balaban J connectivity index is 1.95. The molecule has 1 atom stereocenters. The highest BCUT2D eigenvalue weighted by molar-refractivity contribution is 6.29. The fourth-order valence-electron chi connectivity index (χ4n) is 1.60. The van der Waals surface area contributed by atoms with Crippen molar-refractivity contribution >= 4 is 11.6 Å².